The molecule has 4 aromatic carbocycles. The Hall–Kier alpha value is -6.44. The van der Waals surface area contributed by atoms with Gasteiger partial charge >= 0.3 is 0 Å². The molecule has 4 aromatic rings. The topological polar surface area (TPSA) is 186 Å². The summed E-state index contributed by atoms with van der Waals surface area (Å²) < 4.78 is 41.4. The zero-order valence-electron chi connectivity index (χ0n) is 37.9. The number of oxime groups is 1. The number of amides is 1. The van der Waals surface area contributed by atoms with Gasteiger partial charge in [0.1, 0.15) is 29.1 Å². The van der Waals surface area contributed by atoms with Crippen molar-refractivity contribution in [2.24, 2.45) is 22.9 Å². The van der Waals surface area contributed by atoms with E-state index in [1.165, 1.54) is 24.3 Å². The number of halogens is 1. The summed E-state index contributed by atoms with van der Waals surface area (Å²) in [6.07, 6.45) is 9.89. The molecule has 0 spiro atoms. The van der Waals surface area contributed by atoms with Crippen LogP contribution in [0.5, 0.6) is 17.2 Å². The molecule has 2 aliphatic carbocycles. The number of hydrogen-bond acceptors (Lipinski definition) is 12. The van der Waals surface area contributed by atoms with Gasteiger partial charge in [-0.1, -0.05) is 48.3 Å². The van der Waals surface area contributed by atoms with Gasteiger partial charge in [-0.15, -0.1) is 6.58 Å². The minimum atomic E-state index is -1.62. The summed E-state index contributed by atoms with van der Waals surface area (Å²) >= 11 is 0. The first-order chi connectivity index (χ1) is 33.2. The average molecular weight is 929 g/mol. The Morgan fingerprint density at radius 3 is 2.47 bits per heavy atom. The summed E-state index contributed by atoms with van der Waals surface area (Å²) in [5.74, 6) is -2.47. The SMILES string of the molecule is C=CCOC12Oc3ccc(Oc4cccc([N+](=O)[O-])c4)cc3C3C(CCCCO)C(CCCCO)C=C(C(=NOC4CCCCO4)CC1N(Cc1ccc(F)cc1)C(=O)c1ccc(C#N)cc1)C32. The number of ether oxygens (including phenoxy) is 4. The molecule has 1 saturated carbocycles. The number of hydrogen-bond donors (Lipinski definition) is 2. The van der Waals surface area contributed by atoms with Crippen LogP contribution in [-0.4, -0.2) is 76.2 Å². The highest BCUT2D eigenvalue weighted by molar-refractivity contribution is 6.03. The summed E-state index contributed by atoms with van der Waals surface area (Å²) in [5.41, 5.74) is 3.40. The molecule has 14 nitrogen and oxygen atoms in total. The molecule has 2 fully saturated rings. The van der Waals surface area contributed by atoms with E-state index in [0.29, 0.717) is 72.6 Å². The number of unbranched alkanes of at least 4 members (excludes halogenated alkanes) is 2. The average Bonchev–Trinajstić information content (AvgIpc) is 3.36. The lowest BCUT2D eigenvalue weighted by atomic mass is 9.55. The maximum atomic E-state index is 15.4. The van der Waals surface area contributed by atoms with E-state index in [4.69, 9.17) is 28.9 Å². The zero-order chi connectivity index (χ0) is 47.6. The second-order valence-corrected chi connectivity index (χ2v) is 17.8. The van der Waals surface area contributed by atoms with Gasteiger partial charge in [0.2, 0.25) is 12.1 Å². The fraction of sp³-hybridized carbons (Fsp3) is 0.415. The third-order valence-electron chi connectivity index (χ3n) is 13.5. The van der Waals surface area contributed by atoms with E-state index in [1.807, 2.05) is 6.07 Å². The monoisotopic (exact) mass is 928 g/mol. The standard InChI is InChI=1S/C53H57FN4O10/c1-2-27-65-53-48(57(34-36-17-21-39(54)22-18-36)52(61)37-19-15-35(33-55)16-20-37)32-46(56-68-49-14-5-8-28-64-49)44-29-38(10-3-6-25-59)43(13-4-7-26-60)50(51(44)53)45-31-42(23-24-47(45)67-53)66-41-12-9-11-40(30-41)58(62)63/h2,9,11-12,15-24,29-31,38,43,48-51,59-60H,1,3-8,10,13-14,25-28,32,34H2. The van der Waals surface area contributed by atoms with Crippen LogP contribution in [0.25, 0.3) is 0 Å². The molecular weight excluding hydrogens is 872 g/mol. The molecule has 1 saturated heterocycles. The lowest BCUT2D eigenvalue weighted by Crippen LogP contribution is -2.70. The van der Waals surface area contributed by atoms with E-state index in [2.05, 4.69) is 18.7 Å². The lowest BCUT2D eigenvalue weighted by molar-refractivity contribution is -0.384. The molecule has 0 aromatic heterocycles. The zero-order valence-corrected chi connectivity index (χ0v) is 37.9. The molecule has 0 bridgehead atoms. The number of nitro benzene ring substituents is 1. The molecule has 7 atom stereocenters. The van der Waals surface area contributed by atoms with Crippen LogP contribution in [0.2, 0.25) is 0 Å². The first-order valence-corrected chi connectivity index (χ1v) is 23.5. The van der Waals surface area contributed by atoms with Crippen LogP contribution in [0.1, 0.15) is 97.2 Å². The summed E-state index contributed by atoms with van der Waals surface area (Å²) in [4.78, 5) is 34.6. The number of fused-ring (bicyclic) bond motifs is 2. The molecule has 2 heterocycles. The van der Waals surface area contributed by atoms with Crippen LogP contribution >= 0.6 is 0 Å². The lowest BCUT2D eigenvalue weighted by Gasteiger charge is -2.60. The Morgan fingerprint density at radius 1 is 1.00 bits per heavy atom. The number of nitrogens with zero attached hydrogens (tertiary/aromatic N) is 4. The molecule has 2 aliphatic heterocycles. The number of allylic oxidation sites excluding steroid dienone is 1. The molecule has 1 amide bonds. The van der Waals surface area contributed by atoms with Gasteiger partial charge in [-0.3, -0.25) is 14.9 Å². The van der Waals surface area contributed by atoms with Gasteiger partial charge in [0.15, 0.2) is 0 Å². The largest absolute Gasteiger partial charge is 0.459 e. The van der Waals surface area contributed by atoms with Crippen LogP contribution in [0.4, 0.5) is 10.1 Å². The van der Waals surface area contributed by atoms with Gasteiger partial charge < -0.3 is 38.9 Å². The van der Waals surface area contributed by atoms with Crippen LogP contribution < -0.4 is 9.47 Å². The highest BCUT2D eigenvalue weighted by Crippen LogP contribution is 2.62. The van der Waals surface area contributed by atoms with Crippen molar-refractivity contribution in [1.82, 2.24) is 4.90 Å². The molecule has 0 radical (unpaired) electrons. The Labute approximate surface area is 395 Å². The van der Waals surface area contributed by atoms with Crippen LogP contribution in [0.15, 0.2) is 120 Å². The van der Waals surface area contributed by atoms with E-state index >= 15 is 4.79 Å². The number of benzene rings is 4. The van der Waals surface area contributed by atoms with Crippen molar-refractivity contribution in [2.75, 3.05) is 26.4 Å². The van der Waals surface area contributed by atoms with Crippen molar-refractivity contribution in [3.63, 3.8) is 0 Å². The predicted molar refractivity (Wildman–Crippen MR) is 250 cm³/mol. The number of aliphatic hydroxyl groups is 2. The fourth-order valence-corrected chi connectivity index (χ4v) is 10.4. The number of nitriles is 1. The summed E-state index contributed by atoms with van der Waals surface area (Å²) in [6.45, 7) is 4.65. The van der Waals surface area contributed by atoms with E-state index < -0.39 is 46.6 Å². The summed E-state index contributed by atoms with van der Waals surface area (Å²) in [5, 5.41) is 46.3. The first kappa shape index (κ1) is 48.0. The highest BCUT2D eigenvalue weighted by atomic mass is 19.1. The molecule has 4 aliphatic rings. The third kappa shape index (κ3) is 10.5. The van der Waals surface area contributed by atoms with Crippen LogP contribution in [0, 0.1) is 45.0 Å². The maximum Gasteiger partial charge on any atom is 0.273 e. The molecule has 356 valence electrons. The van der Waals surface area contributed by atoms with E-state index in [1.54, 1.807) is 71.6 Å². The van der Waals surface area contributed by atoms with Crippen molar-refractivity contribution in [3.05, 3.63) is 153 Å². The van der Waals surface area contributed by atoms with E-state index in [9.17, 15) is 30.0 Å². The number of rotatable bonds is 20. The fourth-order valence-electron chi connectivity index (χ4n) is 10.4. The molecular formula is C53H57FN4O10. The third-order valence-corrected chi connectivity index (χ3v) is 13.5. The smallest absolute Gasteiger partial charge is 0.273 e. The first-order valence-electron chi connectivity index (χ1n) is 23.5. The second-order valence-electron chi connectivity index (χ2n) is 17.8. The van der Waals surface area contributed by atoms with Gasteiger partial charge in [0, 0.05) is 55.7 Å². The number of carbonyl (C=O) groups is 1. The Kier molecular flexibility index (Phi) is 15.6. The van der Waals surface area contributed by atoms with Gasteiger partial charge in [-0.25, -0.2) is 4.39 Å². The molecule has 7 unspecified atom stereocenters. The number of non-ortho nitro benzene ring substituents is 1. The second kappa shape index (κ2) is 22.1. The summed E-state index contributed by atoms with van der Waals surface area (Å²) in [7, 11) is 0. The van der Waals surface area contributed by atoms with Gasteiger partial charge in [-0.05, 0) is 122 Å². The van der Waals surface area contributed by atoms with Crippen molar-refractivity contribution < 1.29 is 48.1 Å². The number of aliphatic hydroxyl groups excluding tert-OH is 2. The minimum Gasteiger partial charge on any atom is -0.459 e. The van der Waals surface area contributed by atoms with Crippen molar-refractivity contribution in [3.8, 4) is 23.3 Å². The quantitative estimate of drug-likeness (QED) is 0.0372. The Bertz CT molecular complexity index is 2520. The van der Waals surface area contributed by atoms with Gasteiger partial charge in [-0.2, -0.15) is 5.26 Å². The van der Waals surface area contributed by atoms with Crippen molar-refractivity contribution in [2.45, 2.75) is 94.8 Å². The highest BCUT2D eigenvalue weighted by Gasteiger charge is 2.65. The molecule has 15 heteroatoms. The maximum absolute atomic E-state index is 15.4. The van der Waals surface area contributed by atoms with Crippen molar-refractivity contribution >= 4 is 17.3 Å². The molecule has 68 heavy (non-hydrogen) atoms. The normalized spacial score (nSPS) is 24.3. The number of carbonyl (C=O) groups excluding carboxylic acids is 1. The molecule has 2 N–H and O–H groups in total. The summed E-state index contributed by atoms with van der Waals surface area (Å²) in [6, 6.07) is 25.0. The van der Waals surface area contributed by atoms with Gasteiger partial charge in [0.05, 0.1) is 47.5 Å². The molecule has 8 rings (SSSR count). The minimum absolute atomic E-state index is 0.00914. The van der Waals surface area contributed by atoms with E-state index in [-0.39, 0.29) is 56.1 Å². The number of nitro groups is 1. The Morgan fingerprint density at radius 2 is 1.76 bits per heavy atom. The Balaban J connectivity index is 1.36. The van der Waals surface area contributed by atoms with Crippen LogP contribution in [-0.2, 0) is 20.9 Å². The van der Waals surface area contributed by atoms with Crippen molar-refractivity contribution in [1.29, 1.82) is 5.26 Å². The van der Waals surface area contributed by atoms with Crippen LogP contribution in [0.3, 0.4) is 0 Å². The van der Waals surface area contributed by atoms with E-state index in [0.717, 1.165) is 36.8 Å². The van der Waals surface area contributed by atoms with Gasteiger partial charge in [0.25, 0.3) is 11.6 Å². The predicted octanol–water partition coefficient (Wildman–Crippen LogP) is 9.90.